The van der Waals surface area contributed by atoms with Crippen LogP contribution < -0.4 is 10.2 Å². The van der Waals surface area contributed by atoms with Crippen molar-refractivity contribution in [3.05, 3.63) is 67.8 Å². The van der Waals surface area contributed by atoms with Crippen molar-refractivity contribution >= 4 is 69.6 Å². The first kappa shape index (κ1) is 18.1. The van der Waals surface area contributed by atoms with Gasteiger partial charge >= 0.3 is 0 Å². The van der Waals surface area contributed by atoms with Gasteiger partial charge in [-0.2, -0.15) is 0 Å². The number of amides is 2. The molecular weight excluding hydrogens is 406 g/mol. The highest BCUT2D eigenvalue weighted by atomic mass is 35.5. The van der Waals surface area contributed by atoms with Gasteiger partial charge in [0.1, 0.15) is 10.7 Å². The second-order valence-electron chi connectivity index (χ2n) is 5.30. The van der Waals surface area contributed by atoms with E-state index in [0.29, 0.717) is 10.7 Å². The van der Waals surface area contributed by atoms with Crippen LogP contribution in [0, 0.1) is 6.92 Å². The molecule has 0 saturated carbocycles. The fourth-order valence-electron chi connectivity index (χ4n) is 2.31. The molecule has 1 N–H and O–H groups in total. The third-order valence-corrected chi connectivity index (χ3v) is 5.21. The van der Waals surface area contributed by atoms with E-state index in [-0.39, 0.29) is 26.5 Å². The number of nitrogens with zero attached hydrogens (tertiary/aromatic N) is 1. The summed E-state index contributed by atoms with van der Waals surface area (Å²) in [6.45, 7) is 1.85. The van der Waals surface area contributed by atoms with Gasteiger partial charge in [-0.05, 0) is 36.8 Å². The Morgan fingerprint density at radius 3 is 2.32 bits per heavy atom. The van der Waals surface area contributed by atoms with E-state index >= 15 is 0 Å². The van der Waals surface area contributed by atoms with Crippen LogP contribution in [0.2, 0.25) is 15.1 Å². The Balaban J connectivity index is 1.96. The molecule has 1 aliphatic rings. The predicted molar refractivity (Wildman–Crippen MR) is 102 cm³/mol. The lowest BCUT2D eigenvalue weighted by atomic mass is 10.2. The molecular formula is C17H10Cl4N2O2. The Labute approximate surface area is 163 Å². The van der Waals surface area contributed by atoms with Crippen LogP contribution in [0.3, 0.4) is 0 Å². The average molecular weight is 416 g/mol. The number of benzene rings is 2. The number of aryl methyl sites for hydroxylation is 1. The van der Waals surface area contributed by atoms with Gasteiger partial charge in [-0.15, -0.1) is 0 Å². The van der Waals surface area contributed by atoms with Gasteiger partial charge in [0.15, 0.2) is 0 Å². The van der Waals surface area contributed by atoms with Crippen molar-refractivity contribution in [2.45, 2.75) is 6.92 Å². The average Bonchev–Trinajstić information content (AvgIpc) is 2.78. The van der Waals surface area contributed by atoms with Crippen LogP contribution >= 0.6 is 46.4 Å². The molecule has 2 aromatic rings. The first-order chi connectivity index (χ1) is 11.8. The van der Waals surface area contributed by atoms with E-state index in [2.05, 4.69) is 5.32 Å². The summed E-state index contributed by atoms with van der Waals surface area (Å²) >= 11 is 24.2. The summed E-state index contributed by atoms with van der Waals surface area (Å²) < 4.78 is 0. The zero-order valence-electron chi connectivity index (χ0n) is 12.7. The molecule has 4 nitrogen and oxygen atoms in total. The molecule has 0 unspecified atom stereocenters. The number of hydrogen-bond acceptors (Lipinski definition) is 3. The lowest BCUT2D eigenvalue weighted by molar-refractivity contribution is -0.120. The lowest BCUT2D eigenvalue weighted by Gasteiger charge is -2.17. The van der Waals surface area contributed by atoms with E-state index in [0.717, 1.165) is 10.5 Å². The Morgan fingerprint density at radius 2 is 1.64 bits per heavy atom. The summed E-state index contributed by atoms with van der Waals surface area (Å²) in [5.74, 6) is -1.31. The number of anilines is 2. The van der Waals surface area contributed by atoms with E-state index in [1.54, 1.807) is 30.3 Å². The monoisotopic (exact) mass is 414 g/mol. The fraction of sp³-hybridized carbons (Fsp3) is 0.0588. The minimum Gasteiger partial charge on any atom is -0.350 e. The molecule has 1 aliphatic heterocycles. The van der Waals surface area contributed by atoms with Crippen molar-refractivity contribution in [3.8, 4) is 0 Å². The molecule has 0 bridgehead atoms. The Bertz CT molecular complexity index is 940. The maximum absolute atomic E-state index is 12.7. The number of carbonyl (C=O) groups is 2. The minimum atomic E-state index is -0.684. The standard InChI is InChI=1S/C17H10Cl4N2O2/c1-8-5-6-9(7-11(8)19)22-15-14(21)16(24)23(17(15)25)12-4-2-3-10(18)13(12)20/h2-7,22H,1H3. The topological polar surface area (TPSA) is 49.4 Å². The van der Waals surface area contributed by atoms with Gasteiger partial charge < -0.3 is 5.32 Å². The molecule has 0 fully saturated rings. The quantitative estimate of drug-likeness (QED) is 0.683. The summed E-state index contributed by atoms with van der Waals surface area (Å²) in [6, 6.07) is 9.81. The third kappa shape index (κ3) is 3.23. The zero-order chi connectivity index (χ0) is 18.3. The molecule has 128 valence electrons. The normalized spacial score (nSPS) is 14.5. The molecule has 0 radical (unpaired) electrons. The molecule has 3 rings (SSSR count). The second kappa shape index (κ2) is 6.89. The molecule has 2 aromatic carbocycles. The molecule has 0 atom stereocenters. The van der Waals surface area contributed by atoms with Gasteiger partial charge in [0.2, 0.25) is 0 Å². The highest BCUT2D eigenvalue weighted by Crippen LogP contribution is 2.37. The third-order valence-electron chi connectivity index (χ3n) is 3.64. The van der Waals surface area contributed by atoms with Crippen molar-refractivity contribution in [1.82, 2.24) is 0 Å². The Kier molecular flexibility index (Phi) is 4.98. The molecule has 0 saturated heterocycles. The number of imide groups is 1. The number of rotatable bonds is 3. The van der Waals surface area contributed by atoms with Crippen LogP contribution in [0.4, 0.5) is 11.4 Å². The van der Waals surface area contributed by atoms with Gasteiger partial charge in [0.05, 0.1) is 15.7 Å². The van der Waals surface area contributed by atoms with Gasteiger partial charge in [0, 0.05) is 10.7 Å². The summed E-state index contributed by atoms with van der Waals surface area (Å²) in [5, 5.41) is 3.45. The zero-order valence-corrected chi connectivity index (χ0v) is 15.8. The second-order valence-corrected chi connectivity index (χ2v) is 6.87. The van der Waals surface area contributed by atoms with Crippen molar-refractivity contribution < 1.29 is 9.59 Å². The van der Waals surface area contributed by atoms with Crippen molar-refractivity contribution in [1.29, 1.82) is 0 Å². The fourth-order valence-corrected chi connectivity index (χ4v) is 3.08. The van der Waals surface area contributed by atoms with Crippen molar-refractivity contribution in [3.63, 3.8) is 0 Å². The maximum Gasteiger partial charge on any atom is 0.283 e. The van der Waals surface area contributed by atoms with E-state index in [9.17, 15) is 9.59 Å². The van der Waals surface area contributed by atoms with Gasteiger partial charge in [-0.25, -0.2) is 4.90 Å². The maximum atomic E-state index is 12.7. The van der Waals surface area contributed by atoms with Crippen molar-refractivity contribution in [2.75, 3.05) is 10.2 Å². The summed E-state index contributed by atoms with van der Waals surface area (Å²) in [5.41, 5.74) is 1.53. The van der Waals surface area contributed by atoms with Crippen LogP contribution in [0.15, 0.2) is 47.1 Å². The molecule has 1 heterocycles. The lowest BCUT2D eigenvalue weighted by Crippen LogP contribution is -2.32. The van der Waals surface area contributed by atoms with Gasteiger partial charge in [0.25, 0.3) is 11.8 Å². The van der Waals surface area contributed by atoms with Crippen LogP contribution in [-0.2, 0) is 9.59 Å². The van der Waals surface area contributed by atoms with Gasteiger partial charge in [-0.1, -0.05) is 58.5 Å². The molecule has 0 spiro atoms. The predicted octanol–water partition coefficient (Wildman–Crippen LogP) is 5.39. The van der Waals surface area contributed by atoms with Gasteiger partial charge in [-0.3, -0.25) is 9.59 Å². The molecule has 2 amide bonds. The molecule has 8 heteroatoms. The Morgan fingerprint density at radius 1 is 0.920 bits per heavy atom. The van der Waals surface area contributed by atoms with Crippen LogP contribution in [0.5, 0.6) is 0 Å². The summed E-state index contributed by atoms with van der Waals surface area (Å²) in [4.78, 5) is 26.0. The van der Waals surface area contributed by atoms with Crippen LogP contribution in [-0.4, -0.2) is 11.8 Å². The highest BCUT2D eigenvalue weighted by molar-refractivity contribution is 6.54. The number of halogens is 4. The van der Waals surface area contributed by atoms with E-state index in [4.69, 9.17) is 46.4 Å². The number of nitrogens with one attached hydrogen (secondary N) is 1. The first-order valence-electron chi connectivity index (χ1n) is 7.07. The molecule has 0 aromatic heterocycles. The number of hydrogen-bond donors (Lipinski definition) is 1. The van der Waals surface area contributed by atoms with Crippen LogP contribution in [0.1, 0.15) is 5.56 Å². The highest BCUT2D eigenvalue weighted by Gasteiger charge is 2.40. The molecule has 0 aliphatic carbocycles. The number of carbonyl (C=O) groups excluding carboxylic acids is 2. The van der Waals surface area contributed by atoms with Crippen LogP contribution in [0.25, 0.3) is 0 Å². The summed E-state index contributed by atoms with van der Waals surface area (Å²) in [6.07, 6.45) is 0. The summed E-state index contributed by atoms with van der Waals surface area (Å²) in [7, 11) is 0. The van der Waals surface area contributed by atoms with E-state index < -0.39 is 11.8 Å². The van der Waals surface area contributed by atoms with E-state index in [1.807, 2.05) is 6.92 Å². The SMILES string of the molecule is Cc1ccc(NC2=C(Cl)C(=O)N(c3cccc(Cl)c3Cl)C2=O)cc1Cl. The van der Waals surface area contributed by atoms with E-state index in [1.165, 1.54) is 6.07 Å². The first-order valence-corrected chi connectivity index (χ1v) is 8.58. The molecule has 25 heavy (non-hydrogen) atoms. The Hall–Kier alpha value is -1.72. The minimum absolute atomic E-state index is 0.0531. The largest absolute Gasteiger partial charge is 0.350 e. The van der Waals surface area contributed by atoms with Crippen molar-refractivity contribution in [2.24, 2.45) is 0 Å². The smallest absolute Gasteiger partial charge is 0.283 e.